The largest absolute Gasteiger partial charge is 0.481 e. The summed E-state index contributed by atoms with van der Waals surface area (Å²) in [5.41, 5.74) is -0.826. The van der Waals surface area contributed by atoms with Crippen LogP contribution in [-0.4, -0.2) is 43.2 Å². The first-order chi connectivity index (χ1) is 17.9. The minimum atomic E-state index is -3.58. The van der Waals surface area contributed by atoms with E-state index in [-0.39, 0.29) is 29.0 Å². The van der Waals surface area contributed by atoms with Crippen molar-refractivity contribution in [1.82, 2.24) is 5.32 Å². The highest BCUT2D eigenvalue weighted by atomic mass is 35.5. The van der Waals surface area contributed by atoms with E-state index in [1.165, 1.54) is 18.2 Å². The first-order valence-electron chi connectivity index (χ1n) is 11.4. The van der Waals surface area contributed by atoms with Crippen LogP contribution in [0.25, 0.3) is 11.1 Å². The maximum absolute atomic E-state index is 15.1. The predicted molar refractivity (Wildman–Crippen MR) is 140 cm³/mol. The quantitative estimate of drug-likeness (QED) is 0.335. The van der Waals surface area contributed by atoms with Gasteiger partial charge in [0.1, 0.15) is 11.4 Å². The summed E-state index contributed by atoms with van der Waals surface area (Å²) in [5.74, 6) is -3.61. The van der Waals surface area contributed by atoms with Crippen molar-refractivity contribution in [2.45, 2.75) is 23.3 Å². The van der Waals surface area contributed by atoms with Crippen LogP contribution >= 0.6 is 11.6 Å². The number of carbonyl (C=O) groups is 3. The normalized spacial score (nSPS) is 18.7. The van der Waals surface area contributed by atoms with Gasteiger partial charge in [0.05, 0.1) is 16.5 Å². The van der Waals surface area contributed by atoms with Gasteiger partial charge in [-0.15, -0.1) is 0 Å². The third-order valence-electron chi connectivity index (χ3n) is 6.24. The van der Waals surface area contributed by atoms with Crippen molar-refractivity contribution in [3.63, 3.8) is 0 Å². The fourth-order valence-corrected chi connectivity index (χ4v) is 5.30. The maximum Gasteiger partial charge on any atom is 0.320 e. The first-order valence-corrected chi connectivity index (χ1v) is 13.6. The predicted octanol–water partition coefficient (Wildman–Crippen LogP) is 4.54. The number of sulfone groups is 1. The Bertz CT molecular complexity index is 1520. The molecule has 12 heteroatoms. The third kappa shape index (κ3) is 5.79. The number of urea groups is 1. The molecule has 3 amide bonds. The van der Waals surface area contributed by atoms with Crippen molar-refractivity contribution in [3.8, 4) is 11.1 Å². The molecule has 0 radical (unpaired) electrons. The van der Waals surface area contributed by atoms with Gasteiger partial charge >= 0.3 is 12.0 Å². The maximum atomic E-state index is 15.1. The van der Waals surface area contributed by atoms with E-state index in [4.69, 9.17) is 11.6 Å². The number of anilines is 2. The van der Waals surface area contributed by atoms with Crippen LogP contribution < -0.4 is 16.0 Å². The van der Waals surface area contributed by atoms with E-state index in [2.05, 4.69) is 16.0 Å². The Balaban J connectivity index is 1.54. The zero-order chi connectivity index (χ0) is 27.7. The molecule has 1 aliphatic rings. The van der Waals surface area contributed by atoms with E-state index in [1.807, 2.05) is 0 Å². The van der Waals surface area contributed by atoms with Crippen LogP contribution in [0.15, 0.2) is 71.6 Å². The summed E-state index contributed by atoms with van der Waals surface area (Å²) in [4.78, 5) is 37.3. The highest BCUT2D eigenvalue weighted by Gasteiger charge is 2.54. The summed E-state index contributed by atoms with van der Waals surface area (Å²) >= 11 is 5.84. The van der Waals surface area contributed by atoms with Crippen molar-refractivity contribution in [3.05, 3.63) is 77.6 Å². The van der Waals surface area contributed by atoms with E-state index < -0.39 is 45.0 Å². The monoisotopic (exact) mass is 559 g/mol. The molecule has 9 nitrogen and oxygen atoms in total. The van der Waals surface area contributed by atoms with Crippen LogP contribution in [0.1, 0.15) is 12.8 Å². The van der Waals surface area contributed by atoms with Gasteiger partial charge in [0.25, 0.3) is 0 Å². The van der Waals surface area contributed by atoms with Crippen LogP contribution in [0.2, 0.25) is 5.02 Å². The molecule has 0 aliphatic heterocycles. The van der Waals surface area contributed by atoms with Crippen LogP contribution in [0, 0.1) is 11.7 Å². The Morgan fingerprint density at radius 1 is 1.00 bits per heavy atom. The smallest absolute Gasteiger partial charge is 0.320 e. The van der Waals surface area contributed by atoms with Gasteiger partial charge in [-0.1, -0.05) is 35.9 Å². The average Bonchev–Trinajstić information content (AvgIpc) is 2.83. The van der Waals surface area contributed by atoms with E-state index in [9.17, 15) is 27.9 Å². The number of hydrogen-bond acceptors (Lipinski definition) is 5. The fourth-order valence-electron chi connectivity index (χ4n) is 4.27. The third-order valence-corrected chi connectivity index (χ3v) is 7.65. The molecule has 0 atom stereocenters. The van der Waals surface area contributed by atoms with Crippen LogP contribution in [-0.2, 0) is 19.4 Å². The van der Waals surface area contributed by atoms with Gasteiger partial charge in [-0.05, 0) is 60.9 Å². The lowest BCUT2D eigenvalue weighted by Gasteiger charge is -2.44. The Kier molecular flexibility index (Phi) is 7.43. The summed E-state index contributed by atoms with van der Waals surface area (Å²) in [7, 11) is -3.58. The minimum absolute atomic E-state index is 0.0280. The summed E-state index contributed by atoms with van der Waals surface area (Å²) in [6.45, 7) is 0. The van der Waals surface area contributed by atoms with Crippen molar-refractivity contribution in [2.75, 3.05) is 16.9 Å². The van der Waals surface area contributed by atoms with Gasteiger partial charge in [-0.25, -0.2) is 17.6 Å². The number of aliphatic carboxylic acids is 1. The highest BCUT2D eigenvalue weighted by Crippen LogP contribution is 2.39. The molecule has 1 fully saturated rings. The number of nitrogens with one attached hydrogen (secondary N) is 3. The standard InChI is InChI=1S/C26H23ClFN3O6S/c1-38(36,37)22-5-3-2-4-19(22)15-6-11-21(20(28)12-15)30-24(34)26(13-16(14-26)23(32)33)31-25(35)29-18-9-7-17(27)8-10-18/h2-12,16H,13-14H2,1H3,(H,30,34)(H,32,33)(H2,29,31,35). The van der Waals surface area contributed by atoms with Crippen LogP contribution in [0.3, 0.4) is 0 Å². The molecule has 0 spiro atoms. The molecular weight excluding hydrogens is 537 g/mol. The highest BCUT2D eigenvalue weighted by molar-refractivity contribution is 7.90. The molecule has 0 unspecified atom stereocenters. The van der Waals surface area contributed by atoms with E-state index in [0.717, 1.165) is 12.3 Å². The number of benzene rings is 3. The molecule has 38 heavy (non-hydrogen) atoms. The molecule has 0 bridgehead atoms. The van der Waals surface area contributed by atoms with Gasteiger partial charge in [-0.2, -0.15) is 0 Å². The van der Waals surface area contributed by atoms with E-state index in [1.54, 1.807) is 42.5 Å². The molecule has 4 N–H and O–H groups in total. The summed E-state index contributed by atoms with van der Waals surface area (Å²) in [6.07, 6.45) is 0.669. The van der Waals surface area contributed by atoms with Crippen molar-refractivity contribution in [2.24, 2.45) is 5.92 Å². The molecule has 3 aromatic rings. The first kappa shape index (κ1) is 27.1. The fraction of sp³-hybridized carbons (Fsp3) is 0.192. The number of hydrogen-bond donors (Lipinski definition) is 4. The molecule has 198 valence electrons. The van der Waals surface area contributed by atoms with Gasteiger partial charge in [0.2, 0.25) is 5.91 Å². The molecule has 4 rings (SSSR count). The zero-order valence-corrected chi connectivity index (χ0v) is 21.6. The molecule has 3 aromatic carbocycles. The summed E-state index contributed by atoms with van der Waals surface area (Å²) < 4.78 is 39.3. The molecule has 0 heterocycles. The lowest BCUT2D eigenvalue weighted by molar-refractivity contribution is -0.149. The Morgan fingerprint density at radius 2 is 1.66 bits per heavy atom. The second kappa shape index (κ2) is 10.4. The SMILES string of the molecule is CS(=O)(=O)c1ccccc1-c1ccc(NC(=O)C2(NC(=O)Nc3ccc(Cl)cc3)CC(C(=O)O)C2)c(F)c1. The number of carboxylic acid groups (broad SMARTS) is 1. The van der Waals surface area contributed by atoms with Crippen molar-refractivity contribution in [1.29, 1.82) is 0 Å². The van der Waals surface area contributed by atoms with E-state index in [0.29, 0.717) is 16.3 Å². The van der Waals surface area contributed by atoms with Gasteiger partial charge in [0, 0.05) is 22.5 Å². The summed E-state index contributed by atoms with van der Waals surface area (Å²) in [6, 6.07) is 15.4. The Hall–Kier alpha value is -3.96. The molecule has 1 saturated carbocycles. The molecule has 1 aliphatic carbocycles. The minimum Gasteiger partial charge on any atom is -0.481 e. The Labute approximate surface area is 222 Å². The van der Waals surface area contributed by atoms with Crippen LogP contribution in [0.4, 0.5) is 20.6 Å². The summed E-state index contributed by atoms with van der Waals surface area (Å²) in [5, 5.41) is 17.3. The number of amides is 3. The zero-order valence-electron chi connectivity index (χ0n) is 20.0. The van der Waals surface area contributed by atoms with Gasteiger partial charge in [0.15, 0.2) is 9.84 Å². The lowest BCUT2D eigenvalue weighted by atomic mass is 9.67. The molecule has 0 aromatic heterocycles. The average molecular weight is 560 g/mol. The number of carbonyl (C=O) groups excluding carboxylic acids is 2. The van der Waals surface area contributed by atoms with Crippen molar-refractivity contribution < 1.29 is 32.3 Å². The number of carboxylic acids is 1. The lowest BCUT2D eigenvalue weighted by Crippen LogP contribution is -2.66. The number of halogens is 2. The van der Waals surface area contributed by atoms with Crippen molar-refractivity contribution >= 4 is 50.7 Å². The van der Waals surface area contributed by atoms with Gasteiger partial charge in [-0.3, -0.25) is 9.59 Å². The van der Waals surface area contributed by atoms with E-state index >= 15 is 4.39 Å². The Morgan fingerprint density at radius 3 is 2.26 bits per heavy atom. The second-order valence-electron chi connectivity index (χ2n) is 9.03. The molecular formula is C26H23ClFN3O6S. The topological polar surface area (TPSA) is 142 Å². The van der Waals surface area contributed by atoms with Crippen LogP contribution in [0.5, 0.6) is 0 Å². The number of rotatable bonds is 7. The molecule has 0 saturated heterocycles. The van der Waals surface area contributed by atoms with Gasteiger partial charge < -0.3 is 21.1 Å². The second-order valence-corrected chi connectivity index (χ2v) is 11.4.